The van der Waals surface area contributed by atoms with Gasteiger partial charge in [-0.25, -0.2) is 4.98 Å². The second-order valence-electron chi connectivity index (χ2n) is 4.55. The van der Waals surface area contributed by atoms with Crippen molar-refractivity contribution in [1.82, 2.24) is 10.3 Å². The largest absolute Gasteiger partial charge is 0.310 e. The second-order valence-corrected chi connectivity index (χ2v) is 5.49. The quantitative estimate of drug-likeness (QED) is 0.908. The number of rotatable bonds is 5. The van der Waals surface area contributed by atoms with Crippen molar-refractivity contribution in [1.29, 1.82) is 5.26 Å². The van der Waals surface area contributed by atoms with E-state index >= 15 is 0 Å². The summed E-state index contributed by atoms with van der Waals surface area (Å²) in [5.74, 6) is 0. The van der Waals surface area contributed by atoms with Crippen LogP contribution in [-0.4, -0.2) is 11.5 Å². The van der Waals surface area contributed by atoms with E-state index in [0.29, 0.717) is 5.56 Å². The number of hydrogen-bond acceptors (Lipinski definition) is 4. The molecule has 19 heavy (non-hydrogen) atoms. The van der Waals surface area contributed by atoms with Crippen LogP contribution in [0, 0.1) is 18.3 Å². The van der Waals surface area contributed by atoms with Gasteiger partial charge in [-0.15, -0.1) is 11.3 Å². The SMILES string of the molecule is Cc1csc(CCNC(C)c2cccc(C#N)c2)n1. The summed E-state index contributed by atoms with van der Waals surface area (Å²) < 4.78 is 0. The number of benzene rings is 1. The Hall–Kier alpha value is -1.70. The standard InChI is InChI=1S/C15H17N3S/c1-11-10-19-15(18-11)6-7-17-12(2)14-5-3-4-13(8-14)9-16/h3-5,8,10,12,17H,6-7H2,1-2H3. The Bertz CT molecular complexity index is 583. The molecule has 0 amide bonds. The number of nitrogens with zero attached hydrogens (tertiary/aromatic N) is 2. The molecule has 0 aliphatic rings. The van der Waals surface area contributed by atoms with Gasteiger partial charge in [0.05, 0.1) is 16.6 Å². The van der Waals surface area contributed by atoms with Crippen LogP contribution in [0.5, 0.6) is 0 Å². The summed E-state index contributed by atoms with van der Waals surface area (Å²) in [4.78, 5) is 4.44. The molecular weight excluding hydrogens is 254 g/mol. The van der Waals surface area contributed by atoms with Gasteiger partial charge in [-0.2, -0.15) is 5.26 Å². The molecule has 4 heteroatoms. The molecule has 2 aromatic rings. The Labute approximate surface area is 117 Å². The molecule has 3 nitrogen and oxygen atoms in total. The Balaban J connectivity index is 1.87. The third-order valence-corrected chi connectivity index (χ3v) is 4.00. The molecule has 0 saturated carbocycles. The fourth-order valence-corrected chi connectivity index (χ4v) is 2.68. The van der Waals surface area contributed by atoms with E-state index in [0.717, 1.165) is 24.2 Å². The van der Waals surface area contributed by atoms with E-state index in [4.69, 9.17) is 5.26 Å². The summed E-state index contributed by atoms with van der Waals surface area (Å²) in [7, 11) is 0. The van der Waals surface area contributed by atoms with Crippen LogP contribution in [-0.2, 0) is 6.42 Å². The third-order valence-electron chi connectivity index (χ3n) is 2.97. The molecule has 1 heterocycles. The first-order valence-corrected chi connectivity index (χ1v) is 7.21. The molecule has 1 atom stereocenters. The summed E-state index contributed by atoms with van der Waals surface area (Å²) in [5, 5.41) is 15.6. The molecule has 1 aromatic carbocycles. The highest BCUT2D eigenvalue weighted by Gasteiger charge is 2.06. The van der Waals surface area contributed by atoms with Crippen molar-refractivity contribution in [3.8, 4) is 6.07 Å². The molecule has 0 aliphatic carbocycles. The Kier molecular flexibility index (Phi) is 4.67. The predicted octanol–water partition coefficient (Wildman–Crippen LogP) is 3.22. The highest BCUT2D eigenvalue weighted by molar-refractivity contribution is 7.09. The lowest BCUT2D eigenvalue weighted by Gasteiger charge is -2.13. The van der Waals surface area contributed by atoms with Crippen LogP contribution in [0.2, 0.25) is 0 Å². The van der Waals surface area contributed by atoms with Crippen LogP contribution in [0.25, 0.3) is 0 Å². The topological polar surface area (TPSA) is 48.7 Å². The fraction of sp³-hybridized carbons (Fsp3) is 0.333. The summed E-state index contributed by atoms with van der Waals surface area (Å²) in [5.41, 5.74) is 2.95. The van der Waals surface area contributed by atoms with E-state index in [-0.39, 0.29) is 6.04 Å². The Morgan fingerprint density at radius 3 is 3.00 bits per heavy atom. The number of hydrogen-bond donors (Lipinski definition) is 1. The van der Waals surface area contributed by atoms with Crippen molar-refractivity contribution in [3.05, 3.63) is 51.5 Å². The van der Waals surface area contributed by atoms with Gasteiger partial charge in [0, 0.05) is 30.1 Å². The van der Waals surface area contributed by atoms with Gasteiger partial charge in [0.2, 0.25) is 0 Å². The molecule has 0 bridgehead atoms. The average Bonchev–Trinajstić information content (AvgIpc) is 2.84. The molecule has 0 saturated heterocycles. The van der Waals surface area contributed by atoms with Gasteiger partial charge >= 0.3 is 0 Å². The summed E-state index contributed by atoms with van der Waals surface area (Å²) in [6.45, 7) is 5.03. The maximum Gasteiger partial charge on any atom is 0.0991 e. The highest BCUT2D eigenvalue weighted by Crippen LogP contribution is 2.14. The molecule has 1 N–H and O–H groups in total. The molecule has 0 aliphatic heterocycles. The predicted molar refractivity (Wildman–Crippen MR) is 78.1 cm³/mol. The number of aryl methyl sites for hydroxylation is 1. The summed E-state index contributed by atoms with van der Waals surface area (Å²) >= 11 is 1.71. The summed E-state index contributed by atoms with van der Waals surface area (Å²) in [6, 6.07) is 10.2. The van der Waals surface area contributed by atoms with Gasteiger partial charge in [-0.1, -0.05) is 12.1 Å². The van der Waals surface area contributed by atoms with Gasteiger partial charge in [-0.05, 0) is 31.5 Å². The lowest BCUT2D eigenvalue weighted by Crippen LogP contribution is -2.21. The van der Waals surface area contributed by atoms with Crippen LogP contribution in [0.3, 0.4) is 0 Å². The first-order valence-electron chi connectivity index (χ1n) is 6.33. The van der Waals surface area contributed by atoms with Gasteiger partial charge < -0.3 is 5.32 Å². The molecule has 0 spiro atoms. The normalized spacial score (nSPS) is 12.1. The van der Waals surface area contributed by atoms with Crippen molar-refractivity contribution in [2.24, 2.45) is 0 Å². The van der Waals surface area contributed by atoms with Crippen molar-refractivity contribution in [2.45, 2.75) is 26.3 Å². The van der Waals surface area contributed by atoms with Crippen LogP contribution < -0.4 is 5.32 Å². The van der Waals surface area contributed by atoms with E-state index in [2.05, 4.69) is 28.7 Å². The zero-order valence-electron chi connectivity index (χ0n) is 11.2. The number of thiazole rings is 1. The second kappa shape index (κ2) is 6.46. The molecule has 0 fully saturated rings. The molecular formula is C15H17N3S. The maximum atomic E-state index is 8.89. The lowest BCUT2D eigenvalue weighted by molar-refractivity contribution is 0.576. The van der Waals surface area contributed by atoms with Crippen molar-refractivity contribution in [3.63, 3.8) is 0 Å². The van der Waals surface area contributed by atoms with Gasteiger partial charge in [0.15, 0.2) is 0 Å². The molecule has 1 unspecified atom stereocenters. The van der Waals surface area contributed by atoms with Crippen LogP contribution >= 0.6 is 11.3 Å². The number of aromatic nitrogens is 1. The minimum atomic E-state index is 0.245. The summed E-state index contributed by atoms with van der Waals surface area (Å²) in [6.07, 6.45) is 0.945. The zero-order chi connectivity index (χ0) is 13.7. The van der Waals surface area contributed by atoms with Gasteiger partial charge in [0.1, 0.15) is 0 Å². The van der Waals surface area contributed by atoms with E-state index in [1.165, 1.54) is 5.01 Å². The van der Waals surface area contributed by atoms with Crippen LogP contribution in [0.4, 0.5) is 0 Å². The lowest BCUT2D eigenvalue weighted by atomic mass is 10.1. The minimum Gasteiger partial charge on any atom is -0.310 e. The monoisotopic (exact) mass is 271 g/mol. The molecule has 2 rings (SSSR count). The van der Waals surface area contributed by atoms with E-state index < -0.39 is 0 Å². The zero-order valence-corrected chi connectivity index (χ0v) is 12.0. The first-order chi connectivity index (χ1) is 9.19. The van der Waals surface area contributed by atoms with Gasteiger partial charge in [-0.3, -0.25) is 0 Å². The third kappa shape index (κ3) is 3.88. The Morgan fingerprint density at radius 2 is 2.32 bits per heavy atom. The number of nitrogens with one attached hydrogen (secondary N) is 1. The van der Waals surface area contributed by atoms with Crippen LogP contribution in [0.15, 0.2) is 29.6 Å². The average molecular weight is 271 g/mol. The first kappa shape index (κ1) is 13.7. The fourth-order valence-electron chi connectivity index (χ4n) is 1.91. The van der Waals surface area contributed by atoms with Crippen molar-refractivity contribution >= 4 is 11.3 Å². The molecule has 98 valence electrons. The van der Waals surface area contributed by atoms with Crippen molar-refractivity contribution < 1.29 is 0 Å². The van der Waals surface area contributed by atoms with Crippen LogP contribution in [0.1, 0.15) is 34.8 Å². The van der Waals surface area contributed by atoms with Gasteiger partial charge in [0.25, 0.3) is 0 Å². The minimum absolute atomic E-state index is 0.245. The molecule has 1 aromatic heterocycles. The smallest absolute Gasteiger partial charge is 0.0991 e. The Morgan fingerprint density at radius 1 is 1.47 bits per heavy atom. The molecule has 0 radical (unpaired) electrons. The highest BCUT2D eigenvalue weighted by atomic mass is 32.1. The number of nitriles is 1. The van der Waals surface area contributed by atoms with E-state index in [1.54, 1.807) is 11.3 Å². The van der Waals surface area contributed by atoms with Crippen molar-refractivity contribution in [2.75, 3.05) is 6.54 Å². The van der Waals surface area contributed by atoms with E-state index in [9.17, 15) is 0 Å². The maximum absolute atomic E-state index is 8.89. The van der Waals surface area contributed by atoms with E-state index in [1.807, 2.05) is 31.2 Å².